The summed E-state index contributed by atoms with van der Waals surface area (Å²) >= 11 is 6.26. The minimum atomic E-state index is -0.472. The number of aromatic nitrogens is 3. The lowest BCUT2D eigenvalue weighted by Crippen LogP contribution is -2.16. The first-order valence-corrected chi connectivity index (χ1v) is 9.66. The van der Waals surface area contributed by atoms with Crippen LogP contribution in [0.2, 0.25) is 5.02 Å². The van der Waals surface area contributed by atoms with Crippen molar-refractivity contribution in [1.29, 1.82) is 0 Å². The van der Waals surface area contributed by atoms with E-state index in [0.717, 1.165) is 0 Å². The number of rotatable bonds is 5. The van der Waals surface area contributed by atoms with Crippen molar-refractivity contribution >= 4 is 34.8 Å². The van der Waals surface area contributed by atoms with Gasteiger partial charge in [-0.2, -0.15) is 5.10 Å². The number of nitrogens with zero attached hydrogens (tertiary/aromatic N) is 3. The molecule has 0 fully saturated rings. The molecule has 0 saturated carbocycles. The van der Waals surface area contributed by atoms with E-state index in [1.54, 1.807) is 59.4 Å². The second kappa shape index (κ2) is 8.45. The molecule has 9 heteroatoms. The molecule has 4 rings (SSSR count). The predicted octanol–water partition coefficient (Wildman–Crippen LogP) is 4.67. The van der Waals surface area contributed by atoms with Gasteiger partial charge < -0.3 is 15.2 Å². The van der Waals surface area contributed by atoms with Gasteiger partial charge in [0.15, 0.2) is 5.82 Å². The molecule has 0 atom stereocenters. The molecule has 156 valence electrons. The molecule has 0 saturated heterocycles. The summed E-state index contributed by atoms with van der Waals surface area (Å²) in [7, 11) is 0. The van der Waals surface area contributed by atoms with Crippen LogP contribution in [0.1, 0.15) is 17.3 Å². The third-order valence-electron chi connectivity index (χ3n) is 4.46. The number of carbonyl (C=O) groups is 2. The summed E-state index contributed by atoms with van der Waals surface area (Å²) in [5.41, 5.74) is 1.30. The molecular formula is C22H17ClFN5O2. The minimum Gasteiger partial charge on any atom is -0.326 e. The van der Waals surface area contributed by atoms with Crippen molar-refractivity contribution in [3.8, 4) is 11.5 Å². The maximum atomic E-state index is 14.4. The standard InChI is InChI=1S/C22H17ClFN5O2/c1-14(30)26-15-8-9-19(17(23)12-15)27-21(31)16-13-25-29(20-7-3-2-6-18(20)24)22(16)28-10-4-5-11-28/h2-13H,1H3,(H,26,30)(H,27,31). The number of amides is 2. The zero-order valence-electron chi connectivity index (χ0n) is 16.3. The smallest absolute Gasteiger partial charge is 0.261 e. The summed E-state index contributed by atoms with van der Waals surface area (Å²) in [5, 5.41) is 9.87. The molecule has 0 radical (unpaired) electrons. The average molecular weight is 438 g/mol. The van der Waals surface area contributed by atoms with Gasteiger partial charge in [0.25, 0.3) is 5.91 Å². The van der Waals surface area contributed by atoms with E-state index in [1.807, 2.05) is 0 Å². The van der Waals surface area contributed by atoms with Crippen molar-refractivity contribution in [3.63, 3.8) is 0 Å². The predicted molar refractivity (Wildman–Crippen MR) is 117 cm³/mol. The Morgan fingerprint density at radius 3 is 2.45 bits per heavy atom. The third-order valence-corrected chi connectivity index (χ3v) is 4.77. The van der Waals surface area contributed by atoms with Gasteiger partial charge in [0.1, 0.15) is 17.1 Å². The van der Waals surface area contributed by atoms with E-state index in [-0.39, 0.29) is 22.2 Å². The average Bonchev–Trinajstić information content (AvgIpc) is 3.39. The monoisotopic (exact) mass is 437 g/mol. The van der Waals surface area contributed by atoms with Crippen molar-refractivity contribution in [3.05, 3.63) is 89.6 Å². The molecule has 0 aliphatic heterocycles. The Morgan fingerprint density at radius 1 is 1.03 bits per heavy atom. The van der Waals surface area contributed by atoms with Gasteiger partial charge in [-0.15, -0.1) is 0 Å². The Labute approximate surface area is 182 Å². The van der Waals surface area contributed by atoms with E-state index >= 15 is 0 Å². The normalized spacial score (nSPS) is 10.7. The zero-order chi connectivity index (χ0) is 22.0. The molecule has 2 amide bonds. The molecular weight excluding hydrogens is 421 g/mol. The molecule has 7 nitrogen and oxygen atoms in total. The van der Waals surface area contributed by atoms with Gasteiger partial charge in [-0.1, -0.05) is 23.7 Å². The van der Waals surface area contributed by atoms with Crippen LogP contribution in [0, 0.1) is 5.82 Å². The lowest BCUT2D eigenvalue weighted by Gasteiger charge is -2.12. The van der Waals surface area contributed by atoms with Crippen molar-refractivity contribution in [2.75, 3.05) is 10.6 Å². The number of anilines is 2. The SMILES string of the molecule is CC(=O)Nc1ccc(NC(=O)c2cnn(-c3ccccc3F)c2-n2cccc2)c(Cl)c1. The van der Waals surface area contributed by atoms with E-state index in [9.17, 15) is 14.0 Å². The largest absolute Gasteiger partial charge is 0.326 e. The number of hydrogen-bond donors (Lipinski definition) is 2. The van der Waals surface area contributed by atoms with Crippen LogP contribution in [0.5, 0.6) is 0 Å². The van der Waals surface area contributed by atoms with Crippen LogP contribution in [-0.2, 0) is 4.79 Å². The molecule has 2 N–H and O–H groups in total. The second-order valence-electron chi connectivity index (χ2n) is 6.67. The molecule has 2 aromatic carbocycles. The molecule has 0 spiro atoms. The first-order chi connectivity index (χ1) is 14.9. The lowest BCUT2D eigenvalue weighted by atomic mass is 10.2. The van der Waals surface area contributed by atoms with Crippen molar-refractivity contribution in [2.24, 2.45) is 0 Å². The van der Waals surface area contributed by atoms with Crippen LogP contribution in [0.4, 0.5) is 15.8 Å². The number of carbonyl (C=O) groups excluding carboxylic acids is 2. The number of benzene rings is 2. The fraction of sp³-hybridized carbons (Fsp3) is 0.0455. The number of halogens is 2. The molecule has 0 aliphatic rings. The highest BCUT2D eigenvalue weighted by atomic mass is 35.5. The Balaban J connectivity index is 1.71. The first-order valence-electron chi connectivity index (χ1n) is 9.29. The Hall–Kier alpha value is -3.91. The molecule has 31 heavy (non-hydrogen) atoms. The van der Waals surface area contributed by atoms with E-state index < -0.39 is 11.7 Å². The topological polar surface area (TPSA) is 81.0 Å². The van der Waals surface area contributed by atoms with E-state index in [0.29, 0.717) is 17.2 Å². The van der Waals surface area contributed by atoms with Gasteiger partial charge in [-0.25, -0.2) is 9.07 Å². The van der Waals surface area contributed by atoms with Crippen molar-refractivity contribution in [1.82, 2.24) is 14.3 Å². The highest BCUT2D eigenvalue weighted by Gasteiger charge is 2.22. The van der Waals surface area contributed by atoms with Gasteiger partial charge in [0.05, 0.1) is 16.9 Å². The molecule has 0 aliphatic carbocycles. The summed E-state index contributed by atoms with van der Waals surface area (Å²) < 4.78 is 17.5. The van der Waals surface area contributed by atoms with Crippen LogP contribution in [0.3, 0.4) is 0 Å². The summed E-state index contributed by atoms with van der Waals surface area (Å²) in [4.78, 5) is 24.3. The highest BCUT2D eigenvalue weighted by Crippen LogP contribution is 2.27. The summed E-state index contributed by atoms with van der Waals surface area (Å²) in [6.07, 6.45) is 4.84. The fourth-order valence-electron chi connectivity index (χ4n) is 3.11. The minimum absolute atomic E-state index is 0.211. The second-order valence-corrected chi connectivity index (χ2v) is 7.07. The van der Waals surface area contributed by atoms with Crippen molar-refractivity contribution < 1.29 is 14.0 Å². The van der Waals surface area contributed by atoms with E-state index in [2.05, 4.69) is 15.7 Å². The highest BCUT2D eigenvalue weighted by molar-refractivity contribution is 6.34. The van der Waals surface area contributed by atoms with Gasteiger partial charge in [-0.05, 0) is 42.5 Å². The molecule has 2 heterocycles. The Kier molecular flexibility index (Phi) is 5.55. The lowest BCUT2D eigenvalue weighted by molar-refractivity contribution is -0.114. The van der Waals surface area contributed by atoms with Crippen LogP contribution in [0.25, 0.3) is 11.5 Å². The van der Waals surface area contributed by atoms with Crippen LogP contribution < -0.4 is 10.6 Å². The maximum Gasteiger partial charge on any atom is 0.261 e. The third kappa shape index (κ3) is 4.19. The zero-order valence-corrected chi connectivity index (χ0v) is 17.1. The van der Waals surface area contributed by atoms with Gasteiger partial charge >= 0.3 is 0 Å². The molecule has 0 unspecified atom stereocenters. The number of hydrogen-bond acceptors (Lipinski definition) is 3. The van der Waals surface area contributed by atoms with Crippen molar-refractivity contribution in [2.45, 2.75) is 6.92 Å². The van der Waals surface area contributed by atoms with Crippen LogP contribution in [0.15, 0.2) is 73.2 Å². The quantitative estimate of drug-likeness (QED) is 0.476. The molecule has 4 aromatic rings. The van der Waals surface area contributed by atoms with Gasteiger partial charge in [-0.3, -0.25) is 9.59 Å². The maximum absolute atomic E-state index is 14.4. The first kappa shape index (κ1) is 20.4. The van der Waals surface area contributed by atoms with E-state index in [1.165, 1.54) is 29.9 Å². The summed E-state index contributed by atoms with van der Waals surface area (Å²) in [5.74, 6) is -0.800. The Morgan fingerprint density at radius 2 is 1.77 bits per heavy atom. The van der Waals surface area contributed by atoms with Crippen LogP contribution in [-0.4, -0.2) is 26.2 Å². The van der Waals surface area contributed by atoms with Gasteiger partial charge in [0, 0.05) is 25.0 Å². The summed E-state index contributed by atoms with van der Waals surface area (Å²) in [6.45, 7) is 1.39. The molecule has 0 bridgehead atoms. The van der Waals surface area contributed by atoms with Crippen LogP contribution >= 0.6 is 11.6 Å². The number of nitrogens with one attached hydrogen (secondary N) is 2. The summed E-state index contributed by atoms with van der Waals surface area (Å²) in [6, 6.07) is 14.5. The number of para-hydroxylation sites is 1. The fourth-order valence-corrected chi connectivity index (χ4v) is 3.34. The Bertz CT molecular complexity index is 1270. The van der Waals surface area contributed by atoms with Gasteiger partial charge in [0.2, 0.25) is 5.91 Å². The van der Waals surface area contributed by atoms with E-state index in [4.69, 9.17) is 11.6 Å². The molecule has 2 aromatic heterocycles.